The van der Waals surface area contributed by atoms with Crippen LogP contribution in [-0.4, -0.2) is 24.9 Å². The Balaban J connectivity index is 1.08. The van der Waals surface area contributed by atoms with Gasteiger partial charge in [-0.25, -0.2) is 15.0 Å². The fraction of sp³-hybridized carbons (Fsp3) is 0. The number of fused-ring (bicyclic) bond motifs is 3. The summed E-state index contributed by atoms with van der Waals surface area (Å²) in [7, 11) is 0. The number of nitrogens with zero attached hydrogens (tertiary/aromatic N) is 5. The highest BCUT2D eigenvalue weighted by Gasteiger charge is 2.14. The first-order valence-corrected chi connectivity index (χ1v) is 16.6. The zero-order valence-corrected chi connectivity index (χ0v) is 27.0. The molecular weight excluding hydrogens is 611 g/mol. The monoisotopic (exact) mass is 639 g/mol. The van der Waals surface area contributed by atoms with Gasteiger partial charge < -0.3 is 0 Å². The summed E-state index contributed by atoms with van der Waals surface area (Å²) in [5.41, 5.74) is 11.8. The van der Waals surface area contributed by atoms with Gasteiger partial charge in [-0.05, 0) is 58.0 Å². The first kappa shape index (κ1) is 29.3. The van der Waals surface area contributed by atoms with Gasteiger partial charge in [-0.2, -0.15) is 0 Å². The second-order valence-electron chi connectivity index (χ2n) is 12.2. The number of hydrogen-bond donors (Lipinski definition) is 0. The van der Waals surface area contributed by atoms with E-state index in [0.29, 0.717) is 5.82 Å². The molecule has 0 N–H and O–H groups in total. The average Bonchev–Trinajstić information content (AvgIpc) is 3.21. The van der Waals surface area contributed by atoms with E-state index >= 15 is 0 Å². The molecule has 4 heterocycles. The van der Waals surface area contributed by atoms with Crippen molar-refractivity contribution in [3.05, 3.63) is 176 Å². The van der Waals surface area contributed by atoms with Crippen LogP contribution in [0, 0.1) is 0 Å². The van der Waals surface area contributed by atoms with Gasteiger partial charge in [0.2, 0.25) is 0 Å². The number of pyridine rings is 3. The van der Waals surface area contributed by atoms with E-state index in [1.165, 1.54) is 5.39 Å². The summed E-state index contributed by atoms with van der Waals surface area (Å²) in [6.45, 7) is 0. The van der Waals surface area contributed by atoms with Gasteiger partial charge in [-0.1, -0.05) is 127 Å². The van der Waals surface area contributed by atoms with Gasteiger partial charge in [0.1, 0.15) is 0 Å². The van der Waals surface area contributed by atoms with Crippen LogP contribution in [-0.2, 0) is 0 Å². The van der Waals surface area contributed by atoms with Crippen LogP contribution < -0.4 is 0 Å². The van der Waals surface area contributed by atoms with E-state index < -0.39 is 0 Å². The predicted octanol–water partition coefficient (Wildman–Crippen LogP) is 11.0. The molecule has 0 radical (unpaired) electrons. The second-order valence-corrected chi connectivity index (χ2v) is 12.2. The van der Waals surface area contributed by atoms with Crippen molar-refractivity contribution in [1.29, 1.82) is 0 Å². The molecule has 0 saturated heterocycles. The Morgan fingerprint density at radius 3 is 1.64 bits per heavy atom. The molecule has 5 heteroatoms. The van der Waals surface area contributed by atoms with Crippen LogP contribution in [0.15, 0.2) is 176 Å². The molecule has 5 aromatic carbocycles. The molecule has 0 aliphatic carbocycles. The summed E-state index contributed by atoms with van der Waals surface area (Å²) in [6.07, 6.45) is 5.54. The quantitative estimate of drug-likeness (QED) is 0.169. The van der Waals surface area contributed by atoms with E-state index in [2.05, 4.69) is 114 Å². The Bertz CT molecular complexity index is 2620. The molecule has 9 rings (SSSR count). The zero-order valence-electron chi connectivity index (χ0n) is 27.0. The molecule has 50 heavy (non-hydrogen) atoms. The normalized spacial score (nSPS) is 11.2. The van der Waals surface area contributed by atoms with Crippen molar-refractivity contribution >= 4 is 21.7 Å². The van der Waals surface area contributed by atoms with Crippen molar-refractivity contribution in [2.24, 2.45) is 0 Å². The molecule has 0 spiro atoms. The van der Waals surface area contributed by atoms with Gasteiger partial charge in [0.05, 0.1) is 28.3 Å². The Morgan fingerprint density at radius 2 is 0.940 bits per heavy atom. The Labute approximate surface area is 289 Å². The third-order valence-electron chi connectivity index (χ3n) is 9.06. The highest BCUT2D eigenvalue weighted by Crippen LogP contribution is 2.34. The van der Waals surface area contributed by atoms with E-state index in [1.807, 2.05) is 60.9 Å². The fourth-order valence-electron chi connectivity index (χ4n) is 6.50. The van der Waals surface area contributed by atoms with Crippen molar-refractivity contribution in [3.8, 4) is 67.5 Å². The van der Waals surface area contributed by atoms with Gasteiger partial charge in [0.15, 0.2) is 5.82 Å². The fourth-order valence-corrected chi connectivity index (χ4v) is 6.50. The van der Waals surface area contributed by atoms with Crippen molar-refractivity contribution in [3.63, 3.8) is 0 Å². The van der Waals surface area contributed by atoms with Gasteiger partial charge in [-0.3, -0.25) is 9.97 Å². The number of hydrogen-bond acceptors (Lipinski definition) is 5. The highest BCUT2D eigenvalue weighted by molar-refractivity contribution is 6.10. The molecule has 0 fully saturated rings. The second kappa shape index (κ2) is 12.6. The predicted molar refractivity (Wildman–Crippen MR) is 203 cm³/mol. The lowest BCUT2D eigenvalue weighted by Crippen LogP contribution is -1.96. The maximum Gasteiger partial charge on any atom is 0.160 e. The van der Waals surface area contributed by atoms with E-state index in [9.17, 15) is 0 Å². The molecule has 5 nitrogen and oxygen atoms in total. The summed E-state index contributed by atoms with van der Waals surface area (Å²) in [6, 6.07) is 54.1. The molecule has 0 unspecified atom stereocenters. The average molecular weight is 640 g/mol. The zero-order chi connectivity index (χ0) is 33.3. The highest BCUT2D eigenvalue weighted by atomic mass is 14.9. The largest absolute Gasteiger partial charge is 0.264 e. The van der Waals surface area contributed by atoms with Crippen LogP contribution in [0.5, 0.6) is 0 Å². The molecule has 0 aliphatic rings. The Hall–Kier alpha value is -6.85. The van der Waals surface area contributed by atoms with Crippen LogP contribution >= 0.6 is 0 Å². The third kappa shape index (κ3) is 5.57. The Kier molecular flexibility index (Phi) is 7.41. The number of aromatic nitrogens is 5. The number of benzene rings is 5. The van der Waals surface area contributed by atoms with Crippen molar-refractivity contribution in [2.45, 2.75) is 0 Å². The summed E-state index contributed by atoms with van der Waals surface area (Å²) in [5.74, 6) is 0.687. The van der Waals surface area contributed by atoms with Gasteiger partial charge in [-0.15, -0.1) is 0 Å². The molecule has 0 aliphatic heterocycles. The number of rotatable bonds is 6. The van der Waals surface area contributed by atoms with Crippen LogP contribution in [0.2, 0.25) is 0 Å². The van der Waals surface area contributed by atoms with E-state index in [0.717, 1.165) is 78.0 Å². The summed E-state index contributed by atoms with van der Waals surface area (Å²) < 4.78 is 0. The molecule has 0 saturated carbocycles. The molecule has 234 valence electrons. The lowest BCUT2D eigenvalue weighted by molar-refractivity contribution is 1.18. The van der Waals surface area contributed by atoms with Crippen LogP contribution in [0.3, 0.4) is 0 Å². The third-order valence-corrected chi connectivity index (χ3v) is 9.06. The summed E-state index contributed by atoms with van der Waals surface area (Å²) >= 11 is 0. The van der Waals surface area contributed by atoms with Crippen molar-refractivity contribution in [2.75, 3.05) is 0 Å². The summed E-state index contributed by atoms with van der Waals surface area (Å²) in [4.78, 5) is 24.2. The molecule has 4 aromatic heterocycles. The minimum absolute atomic E-state index is 0.687. The molecule has 0 amide bonds. The van der Waals surface area contributed by atoms with Crippen molar-refractivity contribution in [1.82, 2.24) is 24.9 Å². The molecular formula is C45H29N5. The minimum Gasteiger partial charge on any atom is -0.264 e. The molecule has 9 aromatic rings. The van der Waals surface area contributed by atoms with E-state index in [-0.39, 0.29) is 0 Å². The van der Waals surface area contributed by atoms with Crippen LogP contribution in [0.4, 0.5) is 0 Å². The van der Waals surface area contributed by atoms with Crippen LogP contribution in [0.25, 0.3) is 89.2 Å². The van der Waals surface area contributed by atoms with Crippen molar-refractivity contribution < 1.29 is 0 Å². The van der Waals surface area contributed by atoms with E-state index in [4.69, 9.17) is 19.9 Å². The SMILES string of the molecule is c1ccc(-c2nc(-c3ccc(-c4cccnc4)cc3)cc(-c3ccc(-c4ccnc(-c5nc6ccccc6c6ccccc56)c4)cc3)n2)cc1. The van der Waals surface area contributed by atoms with Gasteiger partial charge in [0.25, 0.3) is 0 Å². The van der Waals surface area contributed by atoms with Gasteiger partial charge in [0, 0.05) is 46.1 Å². The van der Waals surface area contributed by atoms with Crippen LogP contribution in [0.1, 0.15) is 0 Å². The first-order valence-electron chi connectivity index (χ1n) is 16.6. The molecule has 0 atom stereocenters. The van der Waals surface area contributed by atoms with E-state index in [1.54, 1.807) is 6.20 Å². The first-order chi connectivity index (χ1) is 24.8. The smallest absolute Gasteiger partial charge is 0.160 e. The maximum absolute atomic E-state index is 5.07. The van der Waals surface area contributed by atoms with Gasteiger partial charge >= 0.3 is 0 Å². The summed E-state index contributed by atoms with van der Waals surface area (Å²) in [5, 5.41) is 3.41. The number of para-hydroxylation sites is 1. The Morgan fingerprint density at radius 1 is 0.340 bits per heavy atom. The topological polar surface area (TPSA) is 64.5 Å². The lowest BCUT2D eigenvalue weighted by Gasteiger charge is -2.12. The lowest BCUT2D eigenvalue weighted by atomic mass is 9.99. The minimum atomic E-state index is 0.687. The molecule has 0 bridgehead atoms. The standard InChI is InChI=1S/C45H29N5/c1-2-9-34(10-3-1)45-49-41(28-42(50-45)33-22-18-31(19-23-33)36-11-8-25-46-29-36)32-20-16-30(17-21-32)35-24-26-47-43(27-35)44-39-14-5-4-12-37(39)38-13-6-7-15-40(38)48-44/h1-29H. The maximum atomic E-state index is 5.07.